The van der Waals surface area contributed by atoms with Crippen LogP contribution in [0.4, 0.5) is 0 Å². The first kappa shape index (κ1) is 16.0. The number of carbonyl (C=O) groups excluding carboxylic acids is 1. The van der Waals surface area contributed by atoms with Crippen molar-refractivity contribution >= 4 is 17.7 Å². The van der Waals surface area contributed by atoms with Crippen molar-refractivity contribution in [1.29, 1.82) is 0 Å². The molecule has 1 N–H and O–H groups in total. The van der Waals surface area contributed by atoms with Crippen LogP contribution in [0.5, 0.6) is 11.5 Å². The molecule has 1 atom stereocenters. The molecule has 21 heavy (non-hydrogen) atoms. The summed E-state index contributed by atoms with van der Waals surface area (Å²) in [6.07, 6.45) is 0. The van der Waals surface area contributed by atoms with Crippen LogP contribution in [0, 0.1) is 0 Å². The molecule has 5 nitrogen and oxygen atoms in total. The lowest BCUT2D eigenvalue weighted by atomic mass is 10.3. The van der Waals surface area contributed by atoms with E-state index in [0.717, 1.165) is 29.5 Å². The Bertz CT molecular complexity index is 447. The first-order chi connectivity index (χ1) is 10.2. The minimum Gasteiger partial charge on any atom is -0.497 e. The van der Waals surface area contributed by atoms with Gasteiger partial charge in [-0.15, -0.1) is 0 Å². The molecule has 6 heteroatoms. The molecule has 0 aromatic heterocycles. The Morgan fingerprint density at radius 3 is 2.71 bits per heavy atom. The Morgan fingerprint density at radius 2 is 2.10 bits per heavy atom. The van der Waals surface area contributed by atoms with Gasteiger partial charge in [0.05, 0.1) is 19.7 Å². The summed E-state index contributed by atoms with van der Waals surface area (Å²) < 4.78 is 10.7. The number of ether oxygens (including phenoxy) is 2. The number of nitrogens with zero attached hydrogens (tertiary/aromatic N) is 1. The fourth-order valence-corrected chi connectivity index (χ4v) is 3.00. The normalized spacial score (nSPS) is 18.1. The van der Waals surface area contributed by atoms with Gasteiger partial charge in [0, 0.05) is 25.1 Å². The molecule has 0 saturated carbocycles. The minimum atomic E-state index is -0.0604. The molecule has 2 rings (SSSR count). The molecule has 116 valence electrons. The molecule has 1 fully saturated rings. The summed E-state index contributed by atoms with van der Waals surface area (Å²) in [5.41, 5.74) is 0. The van der Waals surface area contributed by atoms with E-state index in [0.29, 0.717) is 13.2 Å². The molecular weight excluding hydrogens is 288 g/mol. The van der Waals surface area contributed by atoms with Gasteiger partial charge in [0.15, 0.2) is 0 Å². The second-order valence-electron chi connectivity index (χ2n) is 4.87. The number of nitrogens with one attached hydrogen (secondary N) is 1. The largest absolute Gasteiger partial charge is 0.497 e. The number of likely N-dealkylation sites (N-methyl/N-ethyl adjacent to an activating group) is 1. The average molecular weight is 310 g/mol. The second kappa shape index (κ2) is 8.14. The lowest BCUT2D eigenvalue weighted by Crippen LogP contribution is -2.50. The van der Waals surface area contributed by atoms with Crippen LogP contribution in [0.25, 0.3) is 0 Å². The van der Waals surface area contributed by atoms with Crippen molar-refractivity contribution in [3.05, 3.63) is 24.3 Å². The standard InChI is InChI=1S/C15H22N2O3S/c1-17(15(18)14-11-21-10-7-16-14)8-9-20-13-5-3-12(19-2)4-6-13/h3-6,14,16H,7-11H2,1-2H3. The van der Waals surface area contributed by atoms with Crippen LogP contribution in [0.3, 0.4) is 0 Å². The van der Waals surface area contributed by atoms with E-state index in [1.165, 1.54) is 0 Å². The topological polar surface area (TPSA) is 50.8 Å². The Labute approximate surface area is 130 Å². The van der Waals surface area contributed by atoms with E-state index in [1.54, 1.807) is 12.0 Å². The summed E-state index contributed by atoms with van der Waals surface area (Å²) in [6, 6.07) is 7.37. The van der Waals surface area contributed by atoms with E-state index >= 15 is 0 Å². The Morgan fingerprint density at radius 1 is 1.38 bits per heavy atom. The molecule has 1 aliphatic heterocycles. The van der Waals surface area contributed by atoms with Crippen LogP contribution in [0.2, 0.25) is 0 Å². The monoisotopic (exact) mass is 310 g/mol. The highest BCUT2D eigenvalue weighted by Gasteiger charge is 2.23. The van der Waals surface area contributed by atoms with E-state index in [9.17, 15) is 4.79 Å². The summed E-state index contributed by atoms with van der Waals surface area (Å²) >= 11 is 1.82. The fourth-order valence-electron chi connectivity index (χ4n) is 2.07. The molecule has 1 aromatic rings. The number of thioether (sulfide) groups is 1. The number of carbonyl (C=O) groups is 1. The fraction of sp³-hybridized carbons (Fsp3) is 0.533. The van der Waals surface area contributed by atoms with E-state index in [1.807, 2.05) is 43.1 Å². The molecular formula is C15H22N2O3S. The second-order valence-corrected chi connectivity index (χ2v) is 6.02. The SMILES string of the molecule is COc1ccc(OCCN(C)C(=O)C2CSCCN2)cc1. The highest BCUT2D eigenvalue weighted by Crippen LogP contribution is 2.17. The average Bonchev–Trinajstić information content (AvgIpc) is 2.55. The molecule has 0 spiro atoms. The lowest BCUT2D eigenvalue weighted by molar-refractivity contribution is -0.131. The molecule has 1 aromatic carbocycles. The predicted molar refractivity (Wildman–Crippen MR) is 85.2 cm³/mol. The summed E-state index contributed by atoms with van der Waals surface area (Å²) in [5, 5.41) is 3.25. The maximum absolute atomic E-state index is 12.2. The highest BCUT2D eigenvalue weighted by atomic mass is 32.2. The number of amides is 1. The van der Waals surface area contributed by atoms with E-state index in [2.05, 4.69) is 5.32 Å². The van der Waals surface area contributed by atoms with Gasteiger partial charge in [0.1, 0.15) is 18.1 Å². The van der Waals surface area contributed by atoms with Crippen molar-refractivity contribution in [2.75, 3.05) is 45.4 Å². The molecule has 0 aliphatic carbocycles. The maximum Gasteiger partial charge on any atom is 0.240 e. The smallest absolute Gasteiger partial charge is 0.240 e. The van der Waals surface area contributed by atoms with Crippen LogP contribution in [0.1, 0.15) is 0 Å². The lowest BCUT2D eigenvalue weighted by Gasteiger charge is -2.27. The summed E-state index contributed by atoms with van der Waals surface area (Å²) in [5.74, 6) is 3.65. The molecule has 0 bridgehead atoms. The zero-order valence-electron chi connectivity index (χ0n) is 12.5. The van der Waals surface area contributed by atoms with Crippen LogP contribution >= 0.6 is 11.8 Å². The third-order valence-corrected chi connectivity index (χ3v) is 4.41. The molecule has 0 radical (unpaired) electrons. The van der Waals surface area contributed by atoms with E-state index in [4.69, 9.17) is 9.47 Å². The number of hydrogen-bond acceptors (Lipinski definition) is 5. The van der Waals surface area contributed by atoms with Gasteiger partial charge in [-0.2, -0.15) is 11.8 Å². The van der Waals surface area contributed by atoms with Crippen molar-refractivity contribution in [1.82, 2.24) is 10.2 Å². The van der Waals surface area contributed by atoms with Gasteiger partial charge in [0.2, 0.25) is 5.91 Å². The molecule has 1 amide bonds. The van der Waals surface area contributed by atoms with Gasteiger partial charge in [0.25, 0.3) is 0 Å². The third-order valence-electron chi connectivity index (χ3n) is 3.35. The van der Waals surface area contributed by atoms with Crippen molar-refractivity contribution < 1.29 is 14.3 Å². The Kier molecular flexibility index (Phi) is 6.20. The molecule has 1 heterocycles. The van der Waals surface area contributed by atoms with Crippen LogP contribution in [-0.2, 0) is 4.79 Å². The molecule has 1 unspecified atom stereocenters. The van der Waals surface area contributed by atoms with Gasteiger partial charge < -0.3 is 19.7 Å². The van der Waals surface area contributed by atoms with Crippen molar-refractivity contribution in [3.8, 4) is 11.5 Å². The van der Waals surface area contributed by atoms with Crippen LogP contribution < -0.4 is 14.8 Å². The first-order valence-corrected chi connectivity index (χ1v) is 8.19. The summed E-state index contributed by atoms with van der Waals surface area (Å²) in [4.78, 5) is 13.9. The summed E-state index contributed by atoms with van der Waals surface area (Å²) in [7, 11) is 3.45. The Balaban J connectivity index is 1.72. The number of rotatable bonds is 6. The van der Waals surface area contributed by atoms with Gasteiger partial charge in [-0.05, 0) is 24.3 Å². The first-order valence-electron chi connectivity index (χ1n) is 7.03. The predicted octanol–water partition coefficient (Wildman–Crippen LogP) is 1.24. The quantitative estimate of drug-likeness (QED) is 0.857. The van der Waals surface area contributed by atoms with Crippen molar-refractivity contribution in [3.63, 3.8) is 0 Å². The van der Waals surface area contributed by atoms with Crippen molar-refractivity contribution in [2.45, 2.75) is 6.04 Å². The van der Waals surface area contributed by atoms with Gasteiger partial charge in [-0.1, -0.05) is 0 Å². The van der Waals surface area contributed by atoms with Gasteiger partial charge in [-0.25, -0.2) is 0 Å². The maximum atomic E-state index is 12.2. The third kappa shape index (κ3) is 4.82. The molecule has 1 aliphatic rings. The zero-order valence-corrected chi connectivity index (χ0v) is 13.3. The zero-order chi connectivity index (χ0) is 15.1. The van der Waals surface area contributed by atoms with Gasteiger partial charge in [-0.3, -0.25) is 4.79 Å². The summed E-state index contributed by atoms with van der Waals surface area (Å²) in [6.45, 7) is 1.96. The van der Waals surface area contributed by atoms with Gasteiger partial charge >= 0.3 is 0 Å². The minimum absolute atomic E-state index is 0.0604. The number of hydrogen-bond donors (Lipinski definition) is 1. The van der Waals surface area contributed by atoms with Crippen molar-refractivity contribution in [2.24, 2.45) is 0 Å². The molecule has 1 saturated heterocycles. The van der Waals surface area contributed by atoms with Crippen LogP contribution in [-0.4, -0.2) is 62.2 Å². The number of methoxy groups -OCH3 is 1. The number of benzene rings is 1. The van der Waals surface area contributed by atoms with E-state index < -0.39 is 0 Å². The van der Waals surface area contributed by atoms with Crippen LogP contribution in [0.15, 0.2) is 24.3 Å². The Hall–Kier alpha value is -1.40. The highest BCUT2D eigenvalue weighted by molar-refractivity contribution is 7.99. The van der Waals surface area contributed by atoms with E-state index in [-0.39, 0.29) is 11.9 Å².